The molecular weight excluding hydrogens is 278 g/mol. The van der Waals surface area contributed by atoms with Crippen LogP contribution < -0.4 is 5.32 Å². The molecule has 7 heteroatoms. The highest BCUT2D eigenvalue weighted by molar-refractivity contribution is 7.09. The number of carboxylic acids is 1. The van der Waals surface area contributed by atoms with Gasteiger partial charge in [0.2, 0.25) is 0 Å². The third-order valence-corrected chi connectivity index (χ3v) is 3.80. The van der Waals surface area contributed by atoms with Crippen molar-refractivity contribution in [2.75, 3.05) is 7.05 Å². The highest BCUT2D eigenvalue weighted by Gasteiger charge is 2.23. The lowest BCUT2D eigenvalue weighted by molar-refractivity contribution is -0.139. The Hall–Kier alpha value is -1.63. The van der Waals surface area contributed by atoms with Crippen LogP contribution >= 0.6 is 11.3 Å². The van der Waals surface area contributed by atoms with Crippen molar-refractivity contribution in [3.8, 4) is 0 Å². The fourth-order valence-electron chi connectivity index (χ4n) is 1.72. The number of thiazole rings is 1. The highest BCUT2D eigenvalue weighted by atomic mass is 32.1. The predicted molar refractivity (Wildman–Crippen MR) is 77.7 cm³/mol. The molecule has 0 aliphatic heterocycles. The van der Waals surface area contributed by atoms with Crippen molar-refractivity contribution in [2.24, 2.45) is 5.92 Å². The molecule has 0 unspecified atom stereocenters. The minimum Gasteiger partial charge on any atom is -0.480 e. The molecule has 0 radical (unpaired) electrons. The largest absolute Gasteiger partial charge is 0.480 e. The van der Waals surface area contributed by atoms with E-state index in [0.29, 0.717) is 13.0 Å². The van der Waals surface area contributed by atoms with Gasteiger partial charge in [-0.15, -0.1) is 11.3 Å². The number of urea groups is 1. The molecule has 1 heterocycles. The number of carbonyl (C=O) groups excluding carboxylic acids is 1. The smallest absolute Gasteiger partial charge is 0.326 e. The number of carbonyl (C=O) groups is 2. The Morgan fingerprint density at radius 2 is 2.15 bits per heavy atom. The van der Waals surface area contributed by atoms with Crippen molar-refractivity contribution in [3.05, 3.63) is 16.1 Å². The molecule has 0 aliphatic carbocycles. The Bertz CT molecular complexity index is 473. The van der Waals surface area contributed by atoms with Crippen LogP contribution in [-0.2, 0) is 11.3 Å². The summed E-state index contributed by atoms with van der Waals surface area (Å²) in [5.74, 6) is -0.806. The van der Waals surface area contributed by atoms with Crippen LogP contribution in [0.2, 0.25) is 0 Å². The number of hydrogen-bond donors (Lipinski definition) is 2. The van der Waals surface area contributed by atoms with Gasteiger partial charge >= 0.3 is 12.0 Å². The summed E-state index contributed by atoms with van der Waals surface area (Å²) in [5.41, 5.74) is 2.63. The van der Waals surface area contributed by atoms with E-state index in [4.69, 9.17) is 5.11 Å². The fourth-order valence-corrected chi connectivity index (χ4v) is 2.55. The number of amides is 2. The third kappa shape index (κ3) is 4.80. The van der Waals surface area contributed by atoms with Gasteiger partial charge in [0.15, 0.2) is 0 Å². The summed E-state index contributed by atoms with van der Waals surface area (Å²) in [6.45, 7) is 6.16. The maximum absolute atomic E-state index is 12.0. The minimum atomic E-state index is -1.01. The van der Waals surface area contributed by atoms with E-state index >= 15 is 0 Å². The molecule has 1 aromatic heterocycles. The first-order valence-corrected chi connectivity index (χ1v) is 7.32. The average molecular weight is 299 g/mol. The second-order valence-corrected chi connectivity index (χ2v) is 6.13. The van der Waals surface area contributed by atoms with Crippen LogP contribution in [0.5, 0.6) is 0 Å². The maximum atomic E-state index is 12.0. The van der Waals surface area contributed by atoms with Gasteiger partial charge < -0.3 is 15.3 Å². The summed E-state index contributed by atoms with van der Waals surface area (Å²) in [6.07, 6.45) is 0.411. The summed E-state index contributed by atoms with van der Waals surface area (Å²) >= 11 is 1.48. The summed E-state index contributed by atoms with van der Waals surface area (Å²) in [7, 11) is 1.64. The van der Waals surface area contributed by atoms with E-state index in [-0.39, 0.29) is 11.9 Å². The molecule has 0 saturated carbocycles. The van der Waals surface area contributed by atoms with E-state index < -0.39 is 12.0 Å². The summed E-state index contributed by atoms with van der Waals surface area (Å²) in [4.78, 5) is 29.7. The molecular formula is C13H21N3O3S. The number of nitrogens with one attached hydrogen (secondary N) is 1. The quantitative estimate of drug-likeness (QED) is 0.842. The zero-order chi connectivity index (χ0) is 15.3. The summed E-state index contributed by atoms with van der Waals surface area (Å²) in [6, 6.07) is -1.24. The van der Waals surface area contributed by atoms with Gasteiger partial charge in [-0.2, -0.15) is 0 Å². The normalized spacial score (nSPS) is 12.2. The molecule has 2 N–H and O–H groups in total. The van der Waals surface area contributed by atoms with Crippen molar-refractivity contribution in [1.29, 1.82) is 0 Å². The number of rotatable bonds is 6. The Kier molecular flexibility index (Phi) is 5.94. The number of carboxylic acid groups (broad SMARTS) is 1. The van der Waals surface area contributed by atoms with Crippen molar-refractivity contribution < 1.29 is 14.7 Å². The monoisotopic (exact) mass is 299 g/mol. The van der Waals surface area contributed by atoms with Gasteiger partial charge in [-0.1, -0.05) is 13.8 Å². The van der Waals surface area contributed by atoms with Crippen LogP contribution in [0, 0.1) is 12.8 Å². The number of aliphatic carboxylic acids is 1. The fraction of sp³-hybridized carbons (Fsp3) is 0.615. The first-order chi connectivity index (χ1) is 9.31. The number of hydrogen-bond acceptors (Lipinski definition) is 4. The van der Waals surface area contributed by atoms with E-state index in [1.165, 1.54) is 16.2 Å². The SMILES string of the molecule is Cc1ncsc1CN(C)C(=O)N[C@H](CC(C)C)C(=O)O. The van der Waals surface area contributed by atoms with Crippen LogP contribution in [0.15, 0.2) is 5.51 Å². The molecule has 0 saturated heterocycles. The Morgan fingerprint density at radius 1 is 1.50 bits per heavy atom. The van der Waals surface area contributed by atoms with Crippen LogP contribution in [0.25, 0.3) is 0 Å². The molecule has 2 amide bonds. The second-order valence-electron chi connectivity index (χ2n) is 5.19. The van der Waals surface area contributed by atoms with Gasteiger partial charge in [0.05, 0.1) is 17.7 Å². The molecule has 20 heavy (non-hydrogen) atoms. The molecule has 112 valence electrons. The van der Waals surface area contributed by atoms with E-state index in [9.17, 15) is 9.59 Å². The minimum absolute atomic E-state index is 0.199. The van der Waals surface area contributed by atoms with Crippen LogP contribution in [0.3, 0.4) is 0 Å². The molecule has 0 fully saturated rings. The zero-order valence-corrected chi connectivity index (χ0v) is 13.0. The molecule has 0 bridgehead atoms. The molecule has 1 aromatic rings. The molecule has 0 aromatic carbocycles. The second kappa shape index (κ2) is 7.23. The summed E-state index contributed by atoms with van der Waals surface area (Å²) in [5, 5.41) is 11.7. The third-order valence-electron chi connectivity index (χ3n) is 2.88. The van der Waals surface area contributed by atoms with E-state index in [1.54, 1.807) is 12.6 Å². The first-order valence-electron chi connectivity index (χ1n) is 6.44. The van der Waals surface area contributed by atoms with Gasteiger partial charge in [0.1, 0.15) is 6.04 Å². The topological polar surface area (TPSA) is 82.5 Å². The maximum Gasteiger partial charge on any atom is 0.326 e. The highest BCUT2D eigenvalue weighted by Crippen LogP contribution is 2.14. The van der Waals surface area contributed by atoms with Crippen molar-refractivity contribution >= 4 is 23.3 Å². The van der Waals surface area contributed by atoms with Gasteiger partial charge in [-0.05, 0) is 19.3 Å². The number of aryl methyl sites for hydroxylation is 1. The molecule has 1 rings (SSSR count). The number of nitrogens with zero attached hydrogens (tertiary/aromatic N) is 2. The van der Waals surface area contributed by atoms with E-state index in [2.05, 4.69) is 10.3 Å². The van der Waals surface area contributed by atoms with E-state index in [0.717, 1.165) is 10.6 Å². The van der Waals surface area contributed by atoms with Crippen molar-refractivity contribution in [1.82, 2.24) is 15.2 Å². The first kappa shape index (κ1) is 16.4. The standard InChI is InChI=1S/C13H21N3O3S/c1-8(2)5-10(12(17)18)15-13(19)16(4)6-11-9(3)14-7-20-11/h7-8,10H,5-6H2,1-4H3,(H,15,19)(H,17,18)/t10-/m1/s1. The molecule has 0 aliphatic rings. The van der Waals surface area contributed by atoms with Crippen molar-refractivity contribution in [2.45, 2.75) is 39.8 Å². The Labute approximate surface area is 122 Å². The van der Waals surface area contributed by atoms with Gasteiger partial charge in [-0.3, -0.25) is 0 Å². The Morgan fingerprint density at radius 3 is 2.60 bits per heavy atom. The lowest BCUT2D eigenvalue weighted by Crippen LogP contribution is -2.46. The Balaban J connectivity index is 2.59. The van der Waals surface area contributed by atoms with Crippen LogP contribution in [0.4, 0.5) is 4.79 Å². The van der Waals surface area contributed by atoms with Crippen LogP contribution in [-0.4, -0.2) is 40.1 Å². The molecule has 0 spiro atoms. The summed E-state index contributed by atoms with van der Waals surface area (Å²) < 4.78 is 0. The van der Waals surface area contributed by atoms with E-state index in [1.807, 2.05) is 20.8 Å². The molecule has 6 nitrogen and oxygen atoms in total. The predicted octanol–water partition coefficient (Wildman–Crippen LogP) is 2.09. The van der Waals surface area contributed by atoms with Crippen molar-refractivity contribution in [3.63, 3.8) is 0 Å². The van der Waals surface area contributed by atoms with Crippen LogP contribution in [0.1, 0.15) is 30.8 Å². The number of aromatic nitrogens is 1. The molecule has 1 atom stereocenters. The zero-order valence-electron chi connectivity index (χ0n) is 12.2. The van der Waals surface area contributed by atoms with Gasteiger partial charge in [0, 0.05) is 11.9 Å². The average Bonchev–Trinajstić information content (AvgIpc) is 2.73. The lowest BCUT2D eigenvalue weighted by atomic mass is 10.0. The van der Waals surface area contributed by atoms with Gasteiger partial charge in [0.25, 0.3) is 0 Å². The van der Waals surface area contributed by atoms with Gasteiger partial charge in [-0.25, -0.2) is 14.6 Å². The lowest BCUT2D eigenvalue weighted by Gasteiger charge is -2.22.